The molecule has 1 aliphatic heterocycles. The quantitative estimate of drug-likeness (QED) is 0.438. The molecule has 4 atom stereocenters. The molecule has 2 aliphatic rings. The number of benzene rings is 2. The van der Waals surface area contributed by atoms with E-state index >= 15 is 0 Å². The van der Waals surface area contributed by atoms with E-state index in [1.54, 1.807) is 18.9 Å². The van der Waals surface area contributed by atoms with Crippen LogP contribution in [0.3, 0.4) is 0 Å². The summed E-state index contributed by atoms with van der Waals surface area (Å²) in [5.74, 6) is -0.706. The fraction of sp³-hybridized carbons (Fsp3) is 0.500. The zero-order chi connectivity index (χ0) is 27.6. The highest BCUT2D eigenvalue weighted by molar-refractivity contribution is 5.94. The molecule has 0 fully saturated rings. The molecule has 0 aromatic heterocycles. The van der Waals surface area contributed by atoms with Crippen LogP contribution in [0.2, 0.25) is 0 Å². The van der Waals surface area contributed by atoms with Crippen molar-refractivity contribution in [2.45, 2.75) is 84.1 Å². The molecule has 1 aliphatic carbocycles. The monoisotopic (exact) mass is 519 g/mol. The van der Waals surface area contributed by atoms with Gasteiger partial charge >= 0.3 is 0 Å². The minimum Gasteiger partial charge on any atom is -0.399 e. The van der Waals surface area contributed by atoms with Gasteiger partial charge in [0, 0.05) is 18.7 Å². The normalized spacial score (nSPS) is 20.5. The Hall–Kier alpha value is -3.39. The molecule has 0 bridgehead atoms. The first kappa shape index (κ1) is 27.6. The average molecular weight is 520 g/mol. The second-order valence-corrected chi connectivity index (χ2v) is 11.7. The Kier molecular flexibility index (Phi) is 8.11. The van der Waals surface area contributed by atoms with E-state index in [0.29, 0.717) is 12.1 Å². The number of hydrogen-bond acceptors (Lipinski definition) is 5. The van der Waals surface area contributed by atoms with E-state index < -0.39 is 23.5 Å². The summed E-state index contributed by atoms with van der Waals surface area (Å²) in [5, 5.41) is 9.13. The molecule has 0 spiro atoms. The number of amides is 3. The van der Waals surface area contributed by atoms with Gasteiger partial charge in [-0.2, -0.15) is 0 Å². The highest BCUT2D eigenvalue weighted by Gasteiger charge is 2.42. The smallest absolute Gasteiger partial charge is 0.246 e. The van der Waals surface area contributed by atoms with Crippen LogP contribution in [0, 0.1) is 5.41 Å². The molecule has 8 heteroatoms. The Balaban J connectivity index is 1.65. The summed E-state index contributed by atoms with van der Waals surface area (Å²) in [6.45, 7) is 7.79. The standard InChI is InChI=1S/C30H41N5O3/c1-18(32-5)27(36)34-26(30(2,3)4)29(38)35-17-20-13-14-22(31)15-21(20)16-25(35)28(37)33-24-12-8-10-19-9-6-7-11-23(19)24/h6-7,9,11,13-15,18,24-26,32H,8,10,12,16-17,31H2,1-5H3,(H,33,37)(H,34,36). The van der Waals surface area contributed by atoms with Gasteiger partial charge in [-0.3, -0.25) is 14.4 Å². The first-order chi connectivity index (χ1) is 18.0. The molecule has 2 aromatic carbocycles. The van der Waals surface area contributed by atoms with Crippen molar-refractivity contribution < 1.29 is 14.4 Å². The molecule has 1 heterocycles. The van der Waals surface area contributed by atoms with E-state index in [4.69, 9.17) is 5.73 Å². The van der Waals surface area contributed by atoms with E-state index in [0.717, 1.165) is 36.0 Å². The van der Waals surface area contributed by atoms with Crippen LogP contribution in [0.15, 0.2) is 42.5 Å². The summed E-state index contributed by atoms with van der Waals surface area (Å²) in [4.78, 5) is 42.5. The number of nitrogen functional groups attached to an aromatic ring is 1. The molecule has 38 heavy (non-hydrogen) atoms. The second kappa shape index (κ2) is 11.2. The molecule has 0 radical (unpaired) electrons. The van der Waals surface area contributed by atoms with E-state index in [1.807, 2.05) is 51.1 Å². The first-order valence-electron chi connectivity index (χ1n) is 13.5. The number of rotatable bonds is 6. The van der Waals surface area contributed by atoms with Crippen molar-refractivity contribution in [1.82, 2.24) is 20.9 Å². The summed E-state index contributed by atoms with van der Waals surface area (Å²) >= 11 is 0. The number of nitrogens with one attached hydrogen (secondary N) is 3. The van der Waals surface area contributed by atoms with Crippen molar-refractivity contribution in [3.05, 3.63) is 64.7 Å². The zero-order valence-electron chi connectivity index (χ0n) is 23.1. The summed E-state index contributed by atoms with van der Waals surface area (Å²) in [7, 11) is 1.70. The molecule has 3 amide bonds. The molecule has 4 unspecified atom stereocenters. The van der Waals surface area contributed by atoms with Gasteiger partial charge < -0.3 is 26.6 Å². The molecule has 4 rings (SSSR count). The number of anilines is 1. The van der Waals surface area contributed by atoms with E-state index in [-0.39, 0.29) is 30.3 Å². The third-order valence-electron chi connectivity index (χ3n) is 7.86. The van der Waals surface area contributed by atoms with Gasteiger partial charge in [0.2, 0.25) is 17.7 Å². The number of fused-ring (bicyclic) bond motifs is 2. The molecule has 0 saturated heterocycles. The lowest BCUT2D eigenvalue weighted by atomic mass is 9.83. The molecule has 204 valence electrons. The number of aryl methyl sites for hydroxylation is 1. The van der Waals surface area contributed by atoms with Crippen molar-refractivity contribution >= 4 is 23.4 Å². The van der Waals surface area contributed by atoms with Crippen LogP contribution in [0.25, 0.3) is 0 Å². The maximum Gasteiger partial charge on any atom is 0.246 e. The lowest BCUT2D eigenvalue weighted by molar-refractivity contribution is -0.147. The van der Waals surface area contributed by atoms with Crippen molar-refractivity contribution in [1.29, 1.82) is 0 Å². The minimum atomic E-state index is -0.799. The summed E-state index contributed by atoms with van der Waals surface area (Å²) < 4.78 is 0. The predicted octanol–water partition coefficient (Wildman–Crippen LogP) is 2.85. The average Bonchev–Trinajstić information content (AvgIpc) is 2.89. The van der Waals surface area contributed by atoms with Crippen molar-refractivity contribution in [3.63, 3.8) is 0 Å². The van der Waals surface area contributed by atoms with Crippen LogP contribution in [-0.2, 0) is 33.8 Å². The number of carbonyl (C=O) groups is 3. The summed E-state index contributed by atoms with van der Waals surface area (Å²) in [5.41, 5.74) is 10.5. The predicted molar refractivity (Wildman–Crippen MR) is 149 cm³/mol. The minimum absolute atomic E-state index is 0.0961. The Morgan fingerprint density at radius 1 is 1.05 bits per heavy atom. The van der Waals surface area contributed by atoms with Gasteiger partial charge in [-0.15, -0.1) is 0 Å². The molecule has 8 nitrogen and oxygen atoms in total. The van der Waals surface area contributed by atoms with E-state index in [2.05, 4.69) is 28.1 Å². The van der Waals surface area contributed by atoms with Gasteiger partial charge in [0.05, 0.1) is 12.1 Å². The summed E-state index contributed by atoms with van der Waals surface area (Å²) in [6, 6.07) is 11.8. The number of carbonyl (C=O) groups excluding carboxylic acids is 3. The lowest BCUT2D eigenvalue weighted by Crippen LogP contribution is -2.62. The van der Waals surface area contributed by atoms with Gasteiger partial charge in [0.25, 0.3) is 0 Å². The zero-order valence-corrected chi connectivity index (χ0v) is 23.1. The SMILES string of the molecule is CNC(C)C(=O)NC(C(=O)N1Cc2ccc(N)cc2CC1C(=O)NC1CCCc2ccccc21)C(C)(C)C. The van der Waals surface area contributed by atoms with Crippen molar-refractivity contribution in [2.24, 2.45) is 5.41 Å². The first-order valence-corrected chi connectivity index (χ1v) is 13.5. The Morgan fingerprint density at radius 3 is 2.50 bits per heavy atom. The number of hydrogen-bond donors (Lipinski definition) is 4. The molecular formula is C30H41N5O3. The number of nitrogens with two attached hydrogens (primary N) is 1. The maximum atomic E-state index is 14.2. The van der Waals surface area contributed by atoms with Gasteiger partial charge in [-0.05, 0) is 73.0 Å². The van der Waals surface area contributed by atoms with Crippen LogP contribution in [0.4, 0.5) is 5.69 Å². The molecule has 5 N–H and O–H groups in total. The molecule has 2 aromatic rings. The van der Waals surface area contributed by atoms with Crippen LogP contribution in [0.1, 0.15) is 68.8 Å². The van der Waals surface area contributed by atoms with Crippen LogP contribution >= 0.6 is 0 Å². The largest absolute Gasteiger partial charge is 0.399 e. The Labute approximate surface area is 225 Å². The molecule has 0 saturated carbocycles. The second-order valence-electron chi connectivity index (χ2n) is 11.7. The Morgan fingerprint density at radius 2 is 1.79 bits per heavy atom. The van der Waals surface area contributed by atoms with Gasteiger partial charge in [-0.1, -0.05) is 51.1 Å². The van der Waals surface area contributed by atoms with Crippen molar-refractivity contribution in [3.8, 4) is 0 Å². The highest BCUT2D eigenvalue weighted by atomic mass is 16.2. The van der Waals surface area contributed by atoms with Crippen LogP contribution in [-0.4, -0.2) is 47.8 Å². The lowest BCUT2D eigenvalue weighted by Gasteiger charge is -2.41. The van der Waals surface area contributed by atoms with Gasteiger partial charge in [0.15, 0.2) is 0 Å². The molecular weight excluding hydrogens is 478 g/mol. The summed E-state index contributed by atoms with van der Waals surface area (Å²) in [6.07, 6.45) is 3.22. The van der Waals surface area contributed by atoms with E-state index in [9.17, 15) is 14.4 Å². The number of likely N-dealkylation sites (N-methyl/N-ethyl adjacent to an activating group) is 1. The topological polar surface area (TPSA) is 117 Å². The Bertz CT molecular complexity index is 1200. The third-order valence-corrected chi connectivity index (χ3v) is 7.86. The maximum absolute atomic E-state index is 14.2. The fourth-order valence-electron chi connectivity index (χ4n) is 5.45. The third kappa shape index (κ3) is 5.85. The van der Waals surface area contributed by atoms with Crippen LogP contribution in [0.5, 0.6) is 0 Å². The van der Waals surface area contributed by atoms with Crippen LogP contribution < -0.4 is 21.7 Å². The highest BCUT2D eigenvalue weighted by Crippen LogP contribution is 2.32. The van der Waals surface area contributed by atoms with Gasteiger partial charge in [-0.25, -0.2) is 0 Å². The number of nitrogens with zero attached hydrogens (tertiary/aromatic N) is 1. The fourth-order valence-corrected chi connectivity index (χ4v) is 5.45. The van der Waals surface area contributed by atoms with Crippen molar-refractivity contribution in [2.75, 3.05) is 12.8 Å². The van der Waals surface area contributed by atoms with Gasteiger partial charge in [0.1, 0.15) is 12.1 Å². The van der Waals surface area contributed by atoms with E-state index in [1.165, 1.54) is 5.56 Å².